The van der Waals surface area contributed by atoms with E-state index in [2.05, 4.69) is 16.9 Å². The molecule has 2 N–H and O–H groups in total. The molecule has 0 radical (unpaired) electrons. The molecule has 0 aliphatic carbocycles. The first-order chi connectivity index (χ1) is 9.11. The first kappa shape index (κ1) is 13.6. The molecule has 2 aromatic rings. The van der Waals surface area contributed by atoms with Gasteiger partial charge in [0.1, 0.15) is 5.82 Å². The van der Waals surface area contributed by atoms with Gasteiger partial charge in [-0.3, -0.25) is 4.68 Å². The molecule has 0 saturated carbocycles. The number of hydrogen-bond acceptors (Lipinski definition) is 2. The normalized spacial score (nSPS) is 10.1. The van der Waals surface area contributed by atoms with Crippen LogP contribution in [0.4, 0.5) is 4.39 Å². The highest BCUT2D eigenvalue weighted by Gasteiger charge is 2.06. The summed E-state index contributed by atoms with van der Waals surface area (Å²) in [6.45, 7) is 2.61. The molecule has 2 rings (SSSR count). The minimum Gasteiger partial charge on any atom is -0.320 e. The number of nitrogens with zero attached hydrogens (tertiary/aromatic N) is 2. The second-order valence-electron chi connectivity index (χ2n) is 4.06. The minimum absolute atomic E-state index is 0.206. The van der Waals surface area contributed by atoms with Gasteiger partial charge in [-0.2, -0.15) is 5.10 Å². The highest BCUT2D eigenvalue weighted by Crippen LogP contribution is 2.16. The first-order valence-electron chi connectivity index (χ1n) is 5.77. The van der Waals surface area contributed by atoms with Crippen molar-refractivity contribution in [1.82, 2.24) is 9.78 Å². The Balaban J connectivity index is 2.29. The van der Waals surface area contributed by atoms with Crippen LogP contribution >= 0.6 is 11.6 Å². The Kier molecular flexibility index (Phi) is 4.20. The lowest BCUT2D eigenvalue weighted by Gasteiger charge is -2.06. The molecule has 0 aliphatic rings. The van der Waals surface area contributed by atoms with Gasteiger partial charge in [-0.25, -0.2) is 4.39 Å². The Morgan fingerprint density at radius 1 is 1.47 bits per heavy atom. The molecule has 0 unspecified atom stereocenters. The van der Waals surface area contributed by atoms with Gasteiger partial charge in [-0.1, -0.05) is 29.5 Å². The zero-order valence-electron chi connectivity index (χ0n) is 10.5. The van der Waals surface area contributed by atoms with Gasteiger partial charge < -0.3 is 5.73 Å². The number of benzene rings is 1. The van der Waals surface area contributed by atoms with Gasteiger partial charge >= 0.3 is 0 Å². The van der Waals surface area contributed by atoms with Crippen molar-refractivity contribution in [3.63, 3.8) is 0 Å². The van der Waals surface area contributed by atoms with Crippen LogP contribution in [0, 0.1) is 24.6 Å². The van der Waals surface area contributed by atoms with Crippen LogP contribution in [0.15, 0.2) is 24.4 Å². The van der Waals surface area contributed by atoms with E-state index in [1.165, 1.54) is 6.07 Å². The van der Waals surface area contributed by atoms with E-state index in [1.54, 1.807) is 23.0 Å². The van der Waals surface area contributed by atoms with E-state index in [1.807, 2.05) is 6.92 Å². The third kappa shape index (κ3) is 3.14. The molecule has 0 saturated heterocycles. The van der Waals surface area contributed by atoms with Crippen molar-refractivity contribution < 1.29 is 4.39 Å². The lowest BCUT2D eigenvalue weighted by molar-refractivity contribution is 0.619. The summed E-state index contributed by atoms with van der Waals surface area (Å²) in [5, 5.41) is 4.78. The second kappa shape index (κ2) is 5.87. The molecular formula is C14H13ClFN3. The van der Waals surface area contributed by atoms with Crippen LogP contribution < -0.4 is 5.73 Å². The predicted octanol–water partition coefficient (Wildman–Crippen LogP) is 2.34. The lowest BCUT2D eigenvalue weighted by Crippen LogP contribution is -2.04. The standard InChI is InChI=1S/C14H13ClFN3/c1-10-13(15)8-18-19(10)9-11-4-5-14(16)12(7-11)3-2-6-17/h4-5,7-8H,6,9,17H2,1H3. The molecule has 1 aromatic carbocycles. The van der Waals surface area contributed by atoms with Gasteiger partial charge in [-0.05, 0) is 24.6 Å². The first-order valence-corrected chi connectivity index (χ1v) is 6.15. The Hall–Kier alpha value is -1.83. The average molecular weight is 278 g/mol. The molecule has 5 heteroatoms. The number of halogens is 2. The molecule has 0 amide bonds. The van der Waals surface area contributed by atoms with Gasteiger partial charge in [0.05, 0.1) is 35.6 Å². The van der Waals surface area contributed by atoms with Crippen molar-refractivity contribution in [2.24, 2.45) is 5.73 Å². The van der Waals surface area contributed by atoms with Crippen molar-refractivity contribution in [2.45, 2.75) is 13.5 Å². The maximum Gasteiger partial charge on any atom is 0.138 e. The van der Waals surface area contributed by atoms with Gasteiger partial charge in [-0.15, -0.1) is 0 Å². The molecule has 3 nitrogen and oxygen atoms in total. The van der Waals surface area contributed by atoms with Gasteiger partial charge in [0.25, 0.3) is 0 Å². The molecule has 0 atom stereocenters. The molecule has 0 aliphatic heterocycles. The maximum atomic E-state index is 13.5. The van der Waals surface area contributed by atoms with E-state index in [0.717, 1.165) is 11.3 Å². The summed E-state index contributed by atoms with van der Waals surface area (Å²) in [7, 11) is 0. The number of aromatic nitrogens is 2. The Bertz CT molecular complexity index is 652. The topological polar surface area (TPSA) is 43.8 Å². The van der Waals surface area contributed by atoms with Crippen LogP contribution in [0.2, 0.25) is 5.02 Å². The minimum atomic E-state index is -0.347. The number of nitrogens with two attached hydrogens (primary N) is 1. The summed E-state index contributed by atoms with van der Waals surface area (Å²) < 4.78 is 15.3. The van der Waals surface area contributed by atoms with Crippen molar-refractivity contribution in [1.29, 1.82) is 0 Å². The lowest BCUT2D eigenvalue weighted by atomic mass is 10.1. The van der Waals surface area contributed by atoms with Gasteiger partial charge in [0, 0.05) is 0 Å². The van der Waals surface area contributed by atoms with Gasteiger partial charge in [0.2, 0.25) is 0 Å². The molecule has 98 valence electrons. The summed E-state index contributed by atoms with van der Waals surface area (Å²) >= 11 is 5.94. The van der Waals surface area contributed by atoms with Crippen LogP contribution in [-0.4, -0.2) is 16.3 Å². The van der Waals surface area contributed by atoms with Crippen LogP contribution in [0.5, 0.6) is 0 Å². The summed E-state index contributed by atoms with van der Waals surface area (Å²) in [6.07, 6.45) is 1.59. The third-order valence-corrected chi connectivity index (χ3v) is 3.10. The Labute approximate surface area is 116 Å². The highest BCUT2D eigenvalue weighted by molar-refractivity contribution is 6.31. The van der Waals surface area contributed by atoms with Crippen molar-refractivity contribution >= 4 is 11.6 Å². The van der Waals surface area contributed by atoms with E-state index < -0.39 is 0 Å². The van der Waals surface area contributed by atoms with Gasteiger partial charge in [0.15, 0.2) is 0 Å². The average Bonchev–Trinajstić information content (AvgIpc) is 2.71. The molecule has 0 fully saturated rings. The number of hydrogen-bond donors (Lipinski definition) is 1. The van der Waals surface area contributed by atoms with E-state index in [0.29, 0.717) is 17.1 Å². The van der Waals surface area contributed by atoms with E-state index in [-0.39, 0.29) is 12.4 Å². The summed E-state index contributed by atoms with van der Waals surface area (Å²) in [5.74, 6) is 5.01. The molecule has 0 spiro atoms. The number of rotatable bonds is 2. The van der Waals surface area contributed by atoms with Crippen molar-refractivity contribution in [3.05, 3.63) is 52.1 Å². The zero-order chi connectivity index (χ0) is 13.8. The molecular weight excluding hydrogens is 265 g/mol. The Morgan fingerprint density at radius 2 is 2.26 bits per heavy atom. The fourth-order valence-electron chi connectivity index (χ4n) is 1.67. The van der Waals surface area contributed by atoms with Crippen LogP contribution in [0.1, 0.15) is 16.8 Å². The summed E-state index contributed by atoms with van der Waals surface area (Å²) in [6, 6.07) is 4.81. The smallest absolute Gasteiger partial charge is 0.138 e. The highest BCUT2D eigenvalue weighted by atomic mass is 35.5. The van der Waals surface area contributed by atoms with Crippen LogP contribution in [0.25, 0.3) is 0 Å². The fourth-order valence-corrected chi connectivity index (χ4v) is 1.81. The van der Waals surface area contributed by atoms with Crippen molar-refractivity contribution in [2.75, 3.05) is 6.54 Å². The summed E-state index contributed by atoms with van der Waals surface area (Å²) in [5.41, 5.74) is 7.42. The second-order valence-corrected chi connectivity index (χ2v) is 4.46. The molecule has 1 aromatic heterocycles. The summed E-state index contributed by atoms with van der Waals surface area (Å²) in [4.78, 5) is 0. The molecule has 0 bridgehead atoms. The fraction of sp³-hybridized carbons (Fsp3) is 0.214. The largest absolute Gasteiger partial charge is 0.320 e. The van der Waals surface area contributed by atoms with Crippen molar-refractivity contribution in [3.8, 4) is 11.8 Å². The van der Waals surface area contributed by atoms with E-state index in [9.17, 15) is 4.39 Å². The Morgan fingerprint density at radius 3 is 2.89 bits per heavy atom. The van der Waals surface area contributed by atoms with E-state index in [4.69, 9.17) is 17.3 Å². The maximum absolute atomic E-state index is 13.5. The van der Waals surface area contributed by atoms with Crippen LogP contribution in [-0.2, 0) is 6.54 Å². The molecule has 19 heavy (non-hydrogen) atoms. The predicted molar refractivity (Wildman–Crippen MR) is 73.4 cm³/mol. The monoisotopic (exact) mass is 277 g/mol. The van der Waals surface area contributed by atoms with E-state index >= 15 is 0 Å². The molecule has 1 heterocycles. The quantitative estimate of drug-likeness (QED) is 0.857. The third-order valence-electron chi connectivity index (χ3n) is 2.73. The van der Waals surface area contributed by atoms with Crippen LogP contribution in [0.3, 0.4) is 0 Å². The SMILES string of the molecule is Cc1c(Cl)cnn1Cc1ccc(F)c(C#CCN)c1. The zero-order valence-corrected chi connectivity index (χ0v) is 11.2.